The van der Waals surface area contributed by atoms with Crippen LogP contribution in [0.25, 0.3) is 0 Å². The smallest absolute Gasteiger partial charge is 0.317 e. The molecule has 0 amide bonds. The molecule has 6 nitrogen and oxygen atoms in total. The van der Waals surface area contributed by atoms with Crippen LogP contribution in [0, 0.1) is 5.92 Å². The van der Waals surface area contributed by atoms with E-state index in [0.29, 0.717) is 5.75 Å². The monoisotopic (exact) mass is 280 g/mol. The standard InChI is InChI=1S/C14H16O6/c1-18-10-6-4-5-9(7-10)13(16)11(14(17)20-3)8-12(15)19-2/h4-7,11H,8H2,1-3H3/t11-/m0/s1. The molecule has 0 aromatic heterocycles. The van der Waals surface area contributed by atoms with Crippen LogP contribution < -0.4 is 4.74 Å². The number of hydrogen-bond donors (Lipinski definition) is 0. The quantitative estimate of drug-likeness (QED) is 0.443. The number of ketones is 1. The van der Waals surface area contributed by atoms with Crippen LogP contribution >= 0.6 is 0 Å². The zero-order valence-electron chi connectivity index (χ0n) is 11.5. The normalized spacial score (nSPS) is 11.3. The SMILES string of the molecule is COC(=O)C[C@H](C(=O)OC)C(=O)c1cccc(OC)c1. The highest BCUT2D eigenvalue weighted by Crippen LogP contribution is 2.19. The number of ether oxygens (including phenoxy) is 3. The lowest BCUT2D eigenvalue weighted by Crippen LogP contribution is -2.28. The highest BCUT2D eigenvalue weighted by molar-refractivity contribution is 6.10. The zero-order valence-corrected chi connectivity index (χ0v) is 11.5. The first-order valence-corrected chi connectivity index (χ1v) is 5.86. The molecule has 108 valence electrons. The van der Waals surface area contributed by atoms with Gasteiger partial charge in [0.2, 0.25) is 0 Å². The van der Waals surface area contributed by atoms with Gasteiger partial charge in [-0.1, -0.05) is 12.1 Å². The summed E-state index contributed by atoms with van der Waals surface area (Å²) < 4.78 is 14.1. The molecule has 0 aliphatic carbocycles. The van der Waals surface area contributed by atoms with Gasteiger partial charge in [-0.3, -0.25) is 14.4 Å². The molecule has 0 aliphatic rings. The number of carbonyl (C=O) groups excluding carboxylic acids is 3. The van der Waals surface area contributed by atoms with Gasteiger partial charge in [-0.05, 0) is 12.1 Å². The molecule has 20 heavy (non-hydrogen) atoms. The summed E-state index contributed by atoms with van der Waals surface area (Å²) in [4.78, 5) is 35.2. The number of methoxy groups -OCH3 is 3. The predicted octanol–water partition coefficient (Wildman–Crippen LogP) is 1.23. The largest absolute Gasteiger partial charge is 0.497 e. The predicted molar refractivity (Wildman–Crippen MR) is 69.5 cm³/mol. The third-order valence-electron chi connectivity index (χ3n) is 2.75. The van der Waals surface area contributed by atoms with E-state index in [1.165, 1.54) is 26.4 Å². The lowest BCUT2D eigenvalue weighted by Gasteiger charge is -2.13. The molecule has 1 aromatic rings. The van der Waals surface area contributed by atoms with Crippen molar-refractivity contribution >= 4 is 17.7 Å². The van der Waals surface area contributed by atoms with Crippen LogP contribution in [0.4, 0.5) is 0 Å². The Kier molecular flexibility index (Phi) is 5.71. The van der Waals surface area contributed by atoms with E-state index in [9.17, 15) is 14.4 Å². The van der Waals surface area contributed by atoms with Crippen molar-refractivity contribution in [3.05, 3.63) is 29.8 Å². The van der Waals surface area contributed by atoms with E-state index >= 15 is 0 Å². The Bertz CT molecular complexity index is 508. The summed E-state index contributed by atoms with van der Waals surface area (Å²) in [6, 6.07) is 6.33. The molecular weight excluding hydrogens is 264 g/mol. The van der Waals surface area contributed by atoms with E-state index in [1.807, 2.05) is 0 Å². The second-order valence-electron chi connectivity index (χ2n) is 3.95. The fraction of sp³-hybridized carbons (Fsp3) is 0.357. The lowest BCUT2D eigenvalue weighted by molar-refractivity contribution is -0.150. The number of benzene rings is 1. The Hall–Kier alpha value is -2.37. The molecule has 0 fully saturated rings. The Morgan fingerprint density at radius 3 is 2.35 bits per heavy atom. The molecule has 0 spiro atoms. The van der Waals surface area contributed by atoms with Crippen LogP contribution in [0.1, 0.15) is 16.8 Å². The van der Waals surface area contributed by atoms with E-state index in [4.69, 9.17) is 4.74 Å². The molecule has 0 bridgehead atoms. The van der Waals surface area contributed by atoms with Gasteiger partial charge < -0.3 is 14.2 Å². The van der Waals surface area contributed by atoms with Crippen molar-refractivity contribution < 1.29 is 28.6 Å². The molecule has 0 radical (unpaired) electrons. The molecule has 1 atom stereocenters. The number of Topliss-reactive ketones (excluding diaryl/α,β-unsaturated/α-hetero) is 1. The number of carbonyl (C=O) groups is 3. The van der Waals surface area contributed by atoms with E-state index in [-0.39, 0.29) is 12.0 Å². The lowest BCUT2D eigenvalue weighted by atomic mass is 9.94. The third-order valence-corrected chi connectivity index (χ3v) is 2.75. The summed E-state index contributed by atoms with van der Waals surface area (Å²) in [5.74, 6) is -2.68. The second-order valence-corrected chi connectivity index (χ2v) is 3.95. The van der Waals surface area contributed by atoms with Gasteiger partial charge in [0.15, 0.2) is 5.78 Å². The maximum absolute atomic E-state index is 12.3. The van der Waals surface area contributed by atoms with Gasteiger partial charge in [-0.15, -0.1) is 0 Å². The van der Waals surface area contributed by atoms with Crippen LogP contribution in [0.5, 0.6) is 5.75 Å². The fourth-order valence-corrected chi connectivity index (χ4v) is 1.65. The summed E-state index contributed by atoms with van der Waals surface area (Å²) in [7, 11) is 3.81. The first kappa shape index (κ1) is 15.7. The van der Waals surface area contributed by atoms with Crippen molar-refractivity contribution in [1.82, 2.24) is 0 Å². The second kappa shape index (κ2) is 7.28. The van der Waals surface area contributed by atoms with Gasteiger partial charge in [0.05, 0.1) is 27.8 Å². The van der Waals surface area contributed by atoms with Gasteiger partial charge in [0.25, 0.3) is 0 Å². The third kappa shape index (κ3) is 3.81. The van der Waals surface area contributed by atoms with Crippen LogP contribution in [0.15, 0.2) is 24.3 Å². The van der Waals surface area contributed by atoms with Crippen molar-refractivity contribution in [2.45, 2.75) is 6.42 Å². The molecule has 0 N–H and O–H groups in total. The molecule has 1 rings (SSSR count). The molecule has 0 saturated carbocycles. The average molecular weight is 280 g/mol. The van der Waals surface area contributed by atoms with E-state index in [2.05, 4.69) is 9.47 Å². The highest BCUT2D eigenvalue weighted by atomic mass is 16.5. The molecule has 0 heterocycles. The topological polar surface area (TPSA) is 78.9 Å². The van der Waals surface area contributed by atoms with Crippen molar-refractivity contribution in [2.24, 2.45) is 5.92 Å². The Morgan fingerprint density at radius 1 is 1.10 bits per heavy atom. The molecule has 0 aliphatic heterocycles. The van der Waals surface area contributed by atoms with Crippen molar-refractivity contribution in [3.63, 3.8) is 0 Å². The van der Waals surface area contributed by atoms with Crippen molar-refractivity contribution in [3.8, 4) is 5.75 Å². The highest BCUT2D eigenvalue weighted by Gasteiger charge is 2.31. The van der Waals surface area contributed by atoms with Crippen LogP contribution in [0.2, 0.25) is 0 Å². The Labute approximate surface area is 116 Å². The van der Waals surface area contributed by atoms with Crippen molar-refractivity contribution in [2.75, 3.05) is 21.3 Å². The molecular formula is C14H16O6. The minimum atomic E-state index is -1.22. The maximum atomic E-state index is 12.3. The van der Waals surface area contributed by atoms with Crippen LogP contribution in [-0.2, 0) is 19.1 Å². The van der Waals surface area contributed by atoms with Crippen molar-refractivity contribution in [1.29, 1.82) is 0 Å². The molecule has 6 heteroatoms. The van der Waals surface area contributed by atoms with E-state index in [0.717, 1.165) is 7.11 Å². The summed E-state index contributed by atoms with van der Waals surface area (Å²) >= 11 is 0. The summed E-state index contributed by atoms with van der Waals surface area (Å²) in [5, 5.41) is 0. The van der Waals surface area contributed by atoms with Gasteiger partial charge in [-0.25, -0.2) is 0 Å². The minimum Gasteiger partial charge on any atom is -0.497 e. The first-order chi connectivity index (χ1) is 9.53. The molecule has 0 unspecified atom stereocenters. The number of hydrogen-bond acceptors (Lipinski definition) is 6. The van der Waals surface area contributed by atoms with Gasteiger partial charge in [-0.2, -0.15) is 0 Å². The van der Waals surface area contributed by atoms with Crippen LogP contribution in [0.3, 0.4) is 0 Å². The van der Waals surface area contributed by atoms with E-state index in [1.54, 1.807) is 12.1 Å². The Balaban J connectivity index is 3.02. The fourth-order valence-electron chi connectivity index (χ4n) is 1.65. The number of esters is 2. The summed E-state index contributed by atoms with van der Waals surface area (Å²) in [6.45, 7) is 0. The first-order valence-electron chi connectivity index (χ1n) is 5.86. The molecule has 0 saturated heterocycles. The Morgan fingerprint density at radius 2 is 1.80 bits per heavy atom. The average Bonchev–Trinajstić information content (AvgIpc) is 2.50. The van der Waals surface area contributed by atoms with E-state index < -0.39 is 23.6 Å². The van der Waals surface area contributed by atoms with Gasteiger partial charge in [0, 0.05) is 5.56 Å². The summed E-state index contributed by atoms with van der Waals surface area (Å²) in [5.41, 5.74) is 0.267. The number of rotatable bonds is 6. The summed E-state index contributed by atoms with van der Waals surface area (Å²) in [6.07, 6.45) is -0.362. The van der Waals surface area contributed by atoms with Gasteiger partial charge in [0.1, 0.15) is 11.7 Å². The van der Waals surface area contributed by atoms with Gasteiger partial charge >= 0.3 is 11.9 Å². The van der Waals surface area contributed by atoms with Crippen LogP contribution in [-0.4, -0.2) is 39.1 Å². The zero-order chi connectivity index (χ0) is 15.1. The molecule has 1 aromatic carbocycles. The maximum Gasteiger partial charge on any atom is 0.317 e. The minimum absolute atomic E-state index is 0.267.